The maximum Gasteiger partial charge on any atom is -0.0266 e. The highest BCUT2D eigenvalue weighted by molar-refractivity contribution is 5.05. The number of hydrogen-bond acceptors (Lipinski definition) is 0. The van der Waals surface area contributed by atoms with Gasteiger partial charge in [-0.1, -0.05) is 99.8 Å². The lowest BCUT2D eigenvalue weighted by Crippen LogP contribution is -2.33. The lowest BCUT2D eigenvalue weighted by molar-refractivity contribution is 0.0801. The molecule has 2 aliphatic carbocycles. The summed E-state index contributed by atoms with van der Waals surface area (Å²) in [6.45, 7) is 17.6. The molecule has 0 N–H and O–H groups in total. The van der Waals surface area contributed by atoms with Gasteiger partial charge in [-0.25, -0.2) is 0 Å². The van der Waals surface area contributed by atoms with Crippen LogP contribution in [0.3, 0.4) is 0 Å². The van der Waals surface area contributed by atoms with Gasteiger partial charge in [0.05, 0.1) is 0 Å². The highest BCUT2D eigenvalue weighted by Gasteiger charge is 2.55. The summed E-state index contributed by atoms with van der Waals surface area (Å²) in [5, 5.41) is 0. The van der Waals surface area contributed by atoms with Crippen LogP contribution >= 0.6 is 0 Å². The number of rotatable bonds is 9. The first-order valence-electron chi connectivity index (χ1n) is 11.4. The summed E-state index contributed by atoms with van der Waals surface area (Å²) >= 11 is 0. The van der Waals surface area contributed by atoms with E-state index < -0.39 is 0 Å². The lowest BCUT2D eigenvalue weighted by atomic mass is 9.63. The van der Waals surface area contributed by atoms with Gasteiger partial charge in [0.1, 0.15) is 0 Å². The van der Waals surface area contributed by atoms with E-state index in [-0.39, 0.29) is 0 Å². The molecule has 0 aromatic rings. The van der Waals surface area contributed by atoms with Crippen LogP contribution in [-0.4, -0.2) is 0 Å². The molecule has 24 heavy (non-hydrogen) atoms. The normalized spacial score (nSPS) is 35.6. The zero-order chi connectivity index (χ0) is 18.0. The molecule has 0 aromatic heterocycles. The van der Waals surface area contributed by atoms with Crippen molar-refractivity contribution in [3.63, 3.8) is 0 Å². The van der Waals surface area contributed by atoms with E-state index in [2.05, 4.69) is 48.5 Å². The molecular weight excluding hydrogens is 288 g/mol. The van der Waals surface area contributed by atoms with E-state index in [0.717, 1.165) is 29.6 Å². The predicted molar refractivity (Wildman–Crippen MR) is 108 cm³/mol. The zero-order valence-electron chi connectivity index (χ0n) is 18.0. The van der Waals surface area contributed by atoms with Crippen molar-refractivity contribution in [3.8, 4) is 0 Å². The van der Waals surface area contributed by atoms with Gasteiger partial charge in [-0.2, -0.15) is 0 Å². The largest absolute Gasteiger partial charge is 0.0651 e. The minimum Gasteiger partial charge on any atom is -0.0651 e. The van der Waals surface area contributed by atoms with Crippen LogP contribution < -0.4 is 0 Å². The van der Waals surface area contributed by atoms with E-state index in [1.165, 1.54) is 64.2 Å². The van der Waals surface area contributed by atoms with Gasteiger partial charge in [0.25, 0.3) is 0 Å². The molecule has 0 aliphatic heterocycles. The molecule has 2 saturated carbocycles. The Hall–Kier alpha value is 0. The third-order valence-electron chi connectivity index (χ3n) is 9.16. The van der Waals surface area contributed by atoms with Crippen LogP contribution in [0.4, 0.5) is 0 Å². The fraction of sp³-hybridized carbons (Fsp3) is 1.00. The monoisotopic (exact) mass is 334 g/mol. The molecule has 0 saturated heterocycles. The van der Waals surface area contributed by atoms with Gasteiger partial charge in [0.15, 0.2) is 0 Å². The first-order valence-corrected chi connectivity index (χ1v) is 11.4. The van der Waals surface area contributed by atoms with Gasteiger partial charge in [-0.15, -0.1) is 0 Å². The van der Waals surface area contributed by atoms with Crippen molar-refractivity contribution >= 4 is 0 Å². The molecule has 0 heterocycles. The van der Waals surface area contributed by atoms with Crippen molar-refractivity contribution < 1.29 is 0 Å². The average Bonchev–Trinajstić information content (AvgIpc) is 2.79. The summed E-state index contributed by atoms with van der Waals surface area (Å²) < 4.78 is 0. The Morgan fingerprint density at radius 2 is 1.54 bits per heavy atom. The molecule has 0 amide bonds. The molecule has 0 aromatic carbocycles. The molecule has 2 aliphatic rings. The zero-order valence-corrected chi connectivity index (χ0v) is 18.0. The molecule has 5 unspecified atom stereocenters. The fourth-order valence-corrected chi connectivity index (χ4v) is 7.20. The van der Waals surface area contributed by atoms with Gasteiger partial charge < -0.3 is 0 Å². The van der Waals surface area contributed by atoms with Gasteiger partial charge in [-0.05, 0) is 53.3 Å². The highest BCUT2D eigenvalue weighted by atomic mass is 14.6. The minimum atomic E-state index is 0.582. The Kier molecular flexibility index (Phi) is 6.88. The average molecular weight is 335 g/mol. The molecule has 2 rings (SSSR count). The first kappa shape index (κ1) is 20.3. The predicted octanol–water partition coefficient (Wildman–Crippen LogP) is 8.11. The van der Waals surface area contributed by atoms with Crippen molar-refractivity contribution in [2.24, 2.45) is 40.4 Å². The molecule has 0 heteroatoms. The van der Waals surface area contributed by atoms with Crippen molar-refractivity contribution in [2.45, 2.75) is 113 Å². The van der Waals surface area contributed by atoms with Crippen LogP contribution in [0.25, 0.3) is 0 Å². The van der Waals surface area contributed by atoms with E-state index in [4.69, 9.17) is 0 Å². The topological polar surface area (TPSA) is 0 Å². The SMILES string of the molecule is CCC(C(C)CC1C(CC)C(CC)(CC)CC1(C)CC)C1CCC1. The molecule has 0 nitrogen and oxygen atoms in total. The van der Waals surface area contributed by atoms with Crippen LogP contribution in [0.5, 0.6) is 0 Å². The maximum atomic E-state index is 2.64. The lowest BCUT2D eigenvalue weighted by Gasteiger charge is -2.42. The first-order chi connectivity index (χ1) is 11.4. The molecule has 0 bridgehead atoms. The molecular formula is C24H46. The smallest absolute Gasteiger partial charge is 0.0266 e. The molecule has 0 radical (unpaired) electrons. The highest BCUT2D eigenvalue weighted by Crippen LogP contribution is 2.64. The minimum absolute atomic E-state index is 0.582. The van der Waals surface area contributed by atoms with Crippen molar-refractivity contribution in [3.05, 3.63) is 0 Å². The fourth-order valence-electron chi connectivity index (χ4n) is 7.20. The van der Waals surface area contributed by atoms with Crippen LogP contribution in [0.2, 0.25) is 0 Å². The Labute approximate surface area is 153 Å². The van der Waals surface area contributed by atoms with Crippen LogP contribution in [-0.2, 0) is 0 Å². The van der Waals surface area contributed by atoms with Gasteiger partial charge >= 0.3 is 0 Å². The Morgan fingerprint density at radius 3 is 1.92 bits per heavy atom. The van der Waals surface area contributed by atoms with Crippen LogP contribution in [0, 0.1) is 40.4 Å². The van der Waals surface area contributed by atoms with Gasteiger partial charge in [0.2, 0.25) is 0 Å². The Bertz CT molecular complexity index is 375. The van der Waals surface area contributed by atoms with Crippen molar-refractivity contribution in [1.82, 2.24) is 0 Å². The van der Waals surface area contributed by atoms with Crippen LogP contribution in [0.1, 0.15) is 113 Å². The quantitative estimate of drug-likeness (QED) is 0.399. The van der Waals surface area contributed by atoms with E-state index in [9.17, 15) is 0 Å². The van der Waals surface area contributed by atoms with Crippen LogP contribution in [0.15, 0.2) is 0 Å². The van der Waals surface area contributed by atoms with Crippen molar-refractivity contribution in [1.29, 1.82) is 0 Å². The standard InChI is InChI=1S/C24H46/c1-8-20(19-14-13-15-19)18(6)16-22-21(9-2)24(11-4,12-5)17-23(22,7)10-3/h18-22H,8-17H2,1-7H3. The van der Waals surface area contributed by atoms with Crippen molar-refractivity contribution in [2.75, 3.05) is 0 Å². The summed E-state index contributed by atoms with van der Waals surface area (Å²) in [6.07, 6.45) is 14.5. The third-order valence-corrected chi connectivity index (χ3v) is 9.16. The summed E-state index contributed by atoms with van der Waals surface area (Å²) in [5.74, 6) is 4.89. The maximum absolute atomic E-state index is 2.64. The van der Waals surface area contributed by atoms with Gasteiger partial charge in [-0.3, -0.25) is 0 Å². The summed E-state index contributed by atoms with van der Waals surface area (Å²) in [6, 6.07) is 0. The van der Waals surface area contributed by atoms with Gasteiger partial charge in [0, 0.05) is 0 Å². The third kappa shape index (κ3) is 3.45. The second-order valence-corrected chi connectivity index (χ2v) is 9.85. The Balaban J connectivity index is 2.20. The molecule has 5 atom stereocenters. The van der Waals surface area contributed by atoms with E-state index in [1.54, 1.807) is 0 Å². The Morgan fingerprint density at radius 1 is 0.917 bits per heavy atom. The molecule has 142 valence electrons. The summed E-state index contributed by atoms with van der Waals surface area (Å²) in [7, 11) is 0. The molecule has 0 spiro atoms. The summed E-state index contributed by atoms with van der Waals surface area (Å²) in [5.41, 5.74) is 1.21. The second kappa shape index (κ2) is 8.13. The van der Waals surface area contributed by atoms with E-state index in [1.807, 2.05) is 0 Å². The van der Waals surface area contributed by atoms with E-state index >= 15 is 0 Å². The second-order valence-electron chi connectivity index (χ2n) is 9.85. The van der Waals surface area contributed by atoms with E-state index in [0.29, 0.717) is 10.8 Å². The summed E-state index contributed by atoms with van der Waals surface area (Å²) in [4.78, 5) is 0. The molecule has 2 fully saturated rings. The number of hydrogen-bond donors (Lipinski definition) is 0.